The number of nitrogens with zero attached hydrogens (tertiary/aromatic N) is 6. The first-order valence-electron chi connectivity index (χ1n) is 29.3. The van der Waals surface area contributed by atoms with Gasteiger partial charge in [-0.2, -0.15) is 0 Å². The quantitative estimate of drug-likeness (QED) is 0.0442. The van der Waals surface area contributed by atoms with Gasteiger partial charge in [0.1, 0.15) is 6.10 Å². The third kappa shape index (κ3) is 24.7. The molecule has 24 nitrogen and oxygen atoms in total. The summed E-state index contributed by atoms with van der Waals surface area (Å²) in [7, 11) is -14.7. The van der Waals surface area contributed by atoms with Gasteiger partial charge in [0.05, 0.1) is 63.7 Å². The fourth-order valence-electron chi connectivity index (χ4n) is 14.0. The minimum atomic E-state index is -5.14. The molecule has 0 unspecified atom stereocenters. The summed E-state index contributed by atoms with van der Waals surface area (Å²) in [6, 6.07) is 2.15. The zero-order chi connectivity index (χ0) is 67.1. The highest BCUT2D eigenvalue weighted by atomic mass is 31.2. The molecular weight excluding hydrogens is 1110 g/mol. The van der Waals surface area contributed by atoms with Crippen molar-refractivity contribution in [2.75, 3.05) is 39.3 Å². The maximum Gasteiger partial charge on any atom is 0.466 e. The molecule has 0 bridgehead atoms. The highest BCUT2D eigenvalue weighted by Crippen LogP contribution is 2.60. The second kappa shape index (κ2) is 38.3. The van der Waals surface area contributed by atoms with Crippen LogP contribution in [0.4, 0.5) is 0 Å². The van der Waals surface area contributed by atoms with Crippen molar-refractivity contribution >= 4 is 23.5 Å². The number of likely N-dealkylation sites (N-methyl/N-ethyl adjacent to an activating group) is 3. The molecule has 1 rings (SSSR count). The first-order chi connectivity index (χ1) is 35.8. The van der Waals surface area contributed by atoms with Crippen molar-refractivity contribution < 1.29 is 102 Å². The summed E-state index contributed by atoms with van der Waals surface area (Å²) in [5.74, 6) is 0. The fourth-order valence-corrected chi connectivity index (χ4v) is 14.0. The van der Waals surface area contributed by atoms with E-state index in [-0.39, 0.29) is 49.7 Å². The Hall–Kier alpha value is -0.150. The third-order valence-corrected chi connectivity index (χ3v) is 16.5. The summed E-state index contributed by atoms with van der Waals surface area (Å²) in [4.78, 5) is 76.1. The molecule has 12 N–H and O–H groups in total. The molecule has 0 aromatic carbocycles. The van der Waals surface area contributed by atoms with Gasteiger partial charge in [0.15, 0.2) is 12.2 Å². The van der Waals surface area contributed by atoms with Gasteiger partial charge < -0.3 is 79.2 Å². The second-order valence-corrected chi connectivity index (χ2v) is 27.3. The van der Waals surface area contributed by atoms with Crippen LogP contribution in [0.15, 0.2) is 0 Å². The predicted octanol–water partition coefficient (Wildman–Crippen LogP) is 3.80. The molecule has 6 atom stereocenters. The van der Waals surface area contributed by atoms with Crippen LogP contribution in [-0.4, -0.2) is 235 Å². The summed E-state index contributed by atoms with van der Waals surface area (Å²) in [5, 5.41) is 76.8. The standard InChI is InChI=1S/C30H66N3O6.3C8H19N.3H3O4P/c1-16-31(19(4)5,20(6)7)28(37)26(35)25(34)27(36)29(38,32(17-2,21(8)9)22(10)11)30(28,39)33(18-3,23(12)13)24(14)15;3*1-6-9(7(2)3)8(4)5;3*1-5(2,3)4/h19-27,34-39H,16-18H2,1-15H3;3*7-8H,6H2,1-5H3;3*(H3,1,2,3,4)/q+3;;;;;;/p-3/t25-,26-,27+,28-,29-,30-;;;;;;/m0....../s1. The monoisotopic (exact) mass is 1240 g/mol. The lowest BCUT2D eigenvalue weighted by Gasteiger charge is -2.73. The highest BCUT2D eigenvalue weighted by Gasteiger charge is 2.95. The van der Waals surface area contributed by atoms with Gasteiger partial charge in [0.25, 0.3) is 7.82 Å². The Morgan fingerprint density at radius 2 is 0.519 bits per heavy atom. The van der Waals surface area contributed by atoms with E-state index in [1.807, 2.05) is 104 Å². The number of quaternary nitrogens is 3. The van der Waals surface area contributed by atoms with Gasteiger partial charge >= 0.3 is 25.0 Å². The zero-order valence-corrected chi connectivity index (χ0v) is 58.9. The Labute approximate surface area is 493 Å². The molecule has 0 aromatic rings. The number of aliphatic hydroxyl groups is 6. The number of hydrogen-bond donors (Lipinski definition) is 12. The van der Waals surface area contributed by atoms with Crippen molar-refractivity contribution in [1.29, 1.82) is 0 Å². The number of rotatable bonds is 21. The Morgan fingerprint density at radius 1 is 0.383 bits per heavy atom. The SMILES string of the molecule is CCN(C(C)C)C(C)C.CCN(C(C)C)C(C)C.CCN(C(C)C)C(C)C.CC[N+](C(C)C)(C(C)C)[C@@]1(O)[C@](O)([N+](CC)(C(C)C)C(C)C)[C@H](O)[C@@H](O)[C@H](O)[C@@]1(O)[N+](CC)(C(C)C)C(C)C.O=P(O)(O)O.O=P([O-])(O)O.O=P([O-])([O-])O. The minimum absolute atomic E-state index is 0.198. The molecule has 0 aliphatic heterocycles. The lowest BCUT2D eigenvalue weighted by molar-refractivity contribution is -1.17. The molecule has 1 aliphatic rings. The average molecular weight is 1240 g/mol. The molecule has 0 aromatic heterocycles. The van der Waals surface area contributed by atoms with Crippen LogP contribution < -0.4 is 14.7 Å². The molecular formula is C54H129N6O18P3. The Bertz CT molecular complexity index is 1580. The summed E-state index contributed by atoms with van der Waals surface area (Å²) in [5.41, 5.74) is -7.54. The van der Waals surface area contributed by atoms with E-state index >= 15 is 0 Å². The Kier molecular flexibility index (Phi) is 43.5. The second-order valence-electron chi connectivity index (χ2n) is 24.3. The van der Waals surface area contributed by atoms with Crippen molar-refractivity contribution in [2.24, 2.45) is 0 Å². The van der Waals surface area contributed by atoms with Crippen molar-refractivity contribution in [2.45, 2.75) is 316 Å². The molecule has 1 saturated carbocycles. The molecule has 27 heteroatoms. The summed E-state index contributed by atoms with van der Waals surface area (Å²) in [6.07, 6.45) is -5.83. The van der Waals surface area contributed by atoms with Gasteiger partial charge in [-0.25, -0.2) is 4.57 Å². The van der Waals surface area contributed by atoms with Gasteiger partial charge in [-0.15, -0.1) is 0 Å². The molecule has 0 heterocycles. The van der Waals surface area contributed by atoms with E-state index in [0.29, 0.717) is 55.9 Å². The maximum absolute atomic E-state index is 14.0. The lowest BCUT2D eigenvalue weighted by Crippen LogP contribution is -3.03. The van der Waals surface area contributed by atoms with Crippen molar-refractivity contribution in [3.8, 4) is 0 Å². The largest absolute Gasteiger partial charge is 0.790 e. The average Bonchev–Trinajstić information content (AvgIpc) is 3.24. The summed E-state index contributed by atoms with van der Waals surface area (Å²) >= 11 is 0. The minimum Gasteiger partial charge on any atom is -0.790 e. The van der Waals surface area contributed by atoms with Gasteiger partial charge in [0, 0.05) is 36.3 Å². The predicted molar refractivity (Wildman–Crippen MR) is 320 cm³/mol. The molecule has 1 fully saturated rings. The fraction of sp³-hybridized carbons (Fsp3) is 1.00. The Morgan fingerprint density at radius 3 is 0.593 bits per heavy atom. The third-order valence-electron chi connectivity index (χ3n) is 16.5. The van der Waals surface area contributed by atoms with Crippen molar-refractivity contribution in [3.05, 3.63) is 0 Å². The molecule has 0 spiro atoms. The van der Waals surface area contributed by atoms with Crippen molar-refractivity contribution in [1.82, 2.24) is 14.7 Å². The van der Waals surface area contributed by atoms with Crippen LogP contribution in [0.25, 0.3) is 0 Å². The summed E-state index contributed by atoms with van der Waals surface area (Å²) < 4.78 is 25.7. The molecule has 81 heavy (non-hydrogen) atoms. The molecule has 498 valence electrons. The van der Waals surface area contributed by atoms with Gasteiger partial charge in [-0.1, -0.05) is 20.8 Å². The number of hydrogen-bond acceptors (Lipinski definition) is 15. The molecule has 1 aliphatic carbocycles. The molecule has 0 amide bonds. The Balaban J connectivity index is -0.000000266. The van der Waals surface area contributed by atoms with E-state index in [4.69, 9.17) is 57.7 Å². The van der Waals surface area contributed by atoms with Crippen LogP contribution in [0.5, 0.6) is 0 Å². The first kappa shape index (κ1) is 92.0. The molecule has 0 saturated heterocycles. The van der Waals surface area contributed by atoms with E-state index in [1.54, 1.807) is 0 Å². The van der Waals surface area contributed by atoms with E-state index in [1.165, 1.54) is 0 Å². The van der Waals surface area contributed by atoms with E-state index < -0.39 is 59.0 Å². The zero-order valence-electron chi connectivity index (χ0n) is 56.2. The van der Waals surface area contributed by atoms with Gasteiger partial charge in [-0.05, 0) is 207 Å². The van der Waals surface area contributed by atoms with Crippen molar-refractivity contribution in [3.63, 3.8) is 0 Å². The van der Waals surface area contributed by atoms with Crippen LogP contribution in [0.1, 0.15) is 208 Å². The number of aliphatic hydroxyl groups excluding tert-OH is 3. The van der Waals surface area contributed by atoms with Gasteiger partial charge in [0.2, 0.25) is 0 Å². The maximum atomic E-state index is 14.0. The van der Waals surface area contributed by atoms with Crippen LogP contribution in [0.3, 0.4) is 0 Å². The highest BCUT2D eigenvalue weighted by molar-refractivity contribution is 7.45. The van der Waals surface area contributed by atoms with Crippen LogP contribution >= 0.6 is 23.5 Å². The van der Waals surface area contributed by atoms with Crippen LogP contribution in [-0.2, 0) is 13.7 Å². The van der Waals surface area contributed by atoms with Crippen LogP contribution in [0, 0.1) is 0 Å². The lowest BCUT2D eigenvalue weighted by atomic mass is 9.63. The first-order valence-corrected chi connectivity index (χ1v) is 33.8. The summed E-state index contributed by atoms with van der Waals surface area (Å²) in [6.45, 7) is 66.9. The molecule has 0 radical (unpaired) electrons. The topological polar surface area (TPSA) is 373 Å². The van der Waals surface area contributed by atoms with E-state index in [2.05, 4.69) is 119 Å². The smallest absolute Gasteiger partial charge is 0.466 e. The van der Waals surface area contributed by atoms with E-state index in [0.717, 1.165) is 19.6 Å². The van der Waals surface area contributed by atoms with Crippen LogP contribution in [0.2, 0.25) is 0 Å². The normalized spacial score (nSPS) is 22.3. The van der Waals surface area contributed by atoms with Gasteiger partial charge in [-0.3, -0.25) is 32.7 Å². The van der Waals surface area contributed by atoms with E-state index in [9.17, 15) is 30.6 Å². The number of phosphoric acid groups is 3.